The largest absolute Gasteiger partial charge is 0.455 e. The SMILES string of the molecule is c1ccc(C2(c3ccc(N(c4cccc(-c5cccc6c5oc5ccccc56)c4)c4cccc(-c5cccc6c5oc5ccccc56)c4)cc3)c3ccccc3-c3ccccc32)cc1. The molecule has 1 aliphatic carbocycles. The first-order chi connectivity index (χ1) is 31.7. The van der Waals surface area contributed by atoms with Gasteiger partial charge in [0.15, 0.2) is 0 Å². The molecule has 0 bridgehead atoms. The highest BCUT2D eigenvalue weighted by Crippen LogP contribution is 2.56. The first-order valence-corrected chi connectivity index (χ1v) is 21.9. The van der Waals surface area contributed by atoms with E-state index in [1.807, 2.05) is 24.3 Å². The molecule has 10 aromatic carbocycles. The molecular formula is C61H39NO2. The highest BCUT2D eigenvalue weighted by atomic mass is 16.3. The van der Waals surface area contributed by atoms with Gasteiger partial charge in [-0.05, 0) is 93.0 Å². The maximum Gasteiger partial charge on any atom is 0.143 e. The summed E-state index contributed by atoms with van der Waals surface area (Å²) in [6.07, 6.45) is 0. The summed E-state index contributed by atoms with van der Waals surface area (Å²) in [5.41, 5.74) is 18.1. The number of hydrogen-bond donors (Lipinski definition) is 0. The van der Waals surface area contributed by atoms with E-state index in [0.29, 0.717) is 0 Å². The minimum Gasteiger partial charge on any atom is -0.455 e. The van der Waals surface area contributed by atoms with E-state index in [1.165, 1.54) is 33.4 Å². The monoisotopic (exact) mass is 817 g/mol. The third kappa shape index (κ3) is 5.41. The number of hydrogen-bond acceptors (Lipinski definition) is 3. The summed E-state index contributed by atoms with van der Waals surface area (Å²) in [5, 5.41) is 4.46. The van der Waals surface area contributed by atoms with Crippen LogP contribution in [0.2, 0.25) is 0 Å². The fourth-order valence-electron chi connectivity index (χ4n) is 10.6. The van der Waals surface area contributed by atoms with Crippen molar-refractivity contribution >= 4 is 60.9 Å². The molecule has 12 aromatic rings. The van der Waals surface area contributed by atoms with Crippen molar-refractivity contribution in [3.05, 3.63) is 259 Å². The molecule has 0 atom stereocenters. The third-order valence-corrected chi connectivity index (χ3v) is 13.4. The summed E-state index contributed by atoms with van der Waals surface area (Å²) in [5.74, 6) is 0. The molecule has 13 rings (SSSR count). The molecule has 2 aromatic heterocycles. The summed E-state index contributed by atoms with van der Waals surface area (Å²) in [6, 6.07) is 85.2. The number of nitrogens with zero attached hydrogens (tertiary/aromatic N) is 1. The minimum atomic E-state index is -0.492. The molecule has 0 N–H and O–H groups in total. The van der Waals surface area contributed by atoms with Crippen molar-refractivity contribution in [3.8, 4) is 33.4 Å². The van der Waals surface area contributed by atoms with Gasteiger partial charge < -0.3 is 13.7 Å². The van der Waals surface area contributed by atoms with Crippen LogP contribution in [0.1, 0.15) is 22.3 Å². The van der Waals surface area contributed by atoms with Crippen molar-refractivity contribution in [3.63, 3.8) is 0 Å². The number of anilines is 3. The molecule has 300 valence electrons. The fraction of sp³-hybridized carbons (Fsp3) is 0.0164. The van der Waals surface area contributed by atoms with Gasteiger partial charge in [0.1, 0.15) is 22.3 Å². The summed E-state index contributed by atoms with van der Waals surface area (Å²) in [7, 11) is 0. The van der Waals surface area contributed by atoms with Crippen molar-refractivity contribution in [1.82, 2.24) is 0 Å². The zero-order valence-corrected chi connectivity index (χ0v) is 34.8. The van der Waals surface area contributed by atoms with Crippen LogP contribution >= 0.6 is 0 Å². The second kappa shape index (κ2) is 14.3. The second-order valence-electron chi connectivity index (χ2n) is 16.8. The maximum atomic E-state index is 6.56. The van der Waals surface area contributed by atoms with Gasteiger partial charge in [-0.15, -0.1) is 0 Å². The first-order valence-electron chi connectivity index (χ1n) is 21.9. The van der Waals surface area contributed by atoms with Crippen LogP contribution in [0, 0.1) is 0 Å². The maximum absolute atomic E-state index is 6.56. The Bertz CT molecular complexity index is 3540. The smallest absolute Gasteiger partial charge is 0.143 e. The lowest BCUT2D eigenvalue weighted by molar-refractivity contribution is 0.669. The van der Waals surface area contributed by atoms with Crippen molar-refractivity contribution < 1.29 is 8.83 Å². The third-order valence-electron chi connectivity index (χ3n) is 13.4. The van der Waals surface area contributed by atoms with Crippen molar-refractivity contribution in [2.24, 2.45) is 0 Å². The Labute approximate surface area is 370 Å². The summed E-state index contributed by atoms with van der Waals surface area (Å²) in [6.45, 7) is 0. The molecule has 0 radical (unpaired) electrons. The Morgan fingerprint density at radius 2 is 0.719 bits per heavy atom. The standard InChI is InChI=1S/C61H39NO2/c1-2-18-42(19-3-1)61(55-30-8-4-22-49(55)50-23-5-9-31-56(50)61)43-34-36-44(37-35-43)62(45-20-12-16-40(38-45)47-26-14-28-53-51-24-6-10-32-57(51)63-59(47)53)46-21-13-17-41(39-46)48-27-15-29-54-52-25-7-11-33-58(52)64-60(48)54/h1-39H. The van der Waals surface area contributed by atoms with E-state index in [4.69, 9.17) is 8.83 Å². The highest BCUT2D eigenvalue weighted by molar-refractivity contribution is 6.11. The molecule has 0 saturated heterocycles. The predicted octanol–water partition coefficient (Wildman–Crippen LogP) is 16.7. The van der Waals surface area contributed by atoms with Crippen LogP contribution in [0.25, 0.3) is 77.3 Å². The molecule has 0 spiro atoms. The summed E-state index contributed by atoms with van der Waals surface area (Å²) < 4.78 is 13.1. The lowest BCUT2D eigenvalue weighted by Gasteiger charge is -2.34. The van der Waals surface area contributed by atoms with Gasteiger partial charge in [0.25, 0.3) is 0 Å². The van der Waals surface area contributed by atoms with Crippen LogP contribution in [0.4, 0.5) is 17.1 Å². The van der Waals surface area contributed by atoms with Gasteiger partial charge >= 0.3 is 0 Å². The van der Waals surface area contributed by atoms with Crippen LogP contribution in [-0.4, -0.2) is 0 Å². The zero-order valence-electron chi connectivity index (χ0n) is 34.8. The molecule has 0 amide bonds. The van der Waals surface area contributed by atoms with Gasteiger partial charge in [-0.25, -0.2) is 0 Å². The number of rotatable bonds is 7. The van der Waals surface area contributed by atoms with E-state index in [0.717, 1.165) is 83.2 Å². The lowest BCUT2D eigenvalue weighted by atomic mass is 9.68. The Balaban J connectivity index is 1.00. The minimum absolute atomic E-state index is 0.492. The number of benzene rings is 10. The average molecular weight is 818 g/mol. The van der Waals surface area contributed by atoms with Crippen molar-refractivity contribution in [2.45, 2.75) is 5.41 Å². The quantitative estimate of drug-likeness (QED) is 0.160. The molecule has 0 unspecified atom stereocenters. The van der Waals surface area contributed by atoms with Crippen LogP contribution in [0.3, 0.4) is 0 Å². The topological polar surface area (TPSA) is 29.5 Å². The van der Waals surface area contributed by atoms with E-state index in [9.17, 15) is 0 Å². The number of furan rings is 2. The normalized spacial score (nSPS) is 12.8. The second-order valence-corrected chi connectivity index (χ2v) is 16.8. The summed E-state index contributed by atoms with van der Waals surface area (Å²) in [4.78, 5) is 2.38. The lowest BCUT2D eigenvalue weighted by Crippen LogP contribution is -2.28. The van der Waals surface area contributed by atoms with Gasteiger partial charge in [-0.2, -0.15) is 0 Å². The van der Waals surface area contributed by atoms with Crippen LogP contribution in [-0.2, 0) is 5.41 Å². The number of para-hydroxylation sites is 4. The molecule has 3 heteroatoms. The average Bonchev–Trinajstić information content (AvgIpc) is 4.04. The summed E-state index contributed by atoms with van der Waals surface area (Å²) >= 11 is 0. The molecular weight excluding hydrogens is 779 g/mol. The Morgan fingerprint density at radius 1 is 0.297 bits per heavy atom. The Hall–Kier alpha value is -8.40. The van der Waals surface area contributed by atoms with Crippen molar-refractivity contribution in [2.75, 3.05) is 4.90 Å². The van der Waals surface area contributed by atoms with Crippen LogP contribution < -0.4 is 4.90 Å². The van der Waals surface area contributed by atoms with E-state index < -0.39 is 5.41 Å². The molecule has 0 saturated carbocycles. The van der Waals surface area contributed by atoms with E-state index >= 15 is 0 Å². The van der Waals surface area contributed by atoms with Gasteiger partial charge in [0, 0.05) is 49.7 Å². The van der Waals surface area contributed by atoms with Gasteiger partial charge in [0.05, 0.1) is 5.41 Å². The molecule has 0 fully saturated rings. The zero-order chi connectivity index (χ0) is 42.2. The van der Waals surface area contributed by atoms with Gasteiger partial charge in [0.2, 0.25) is 0 Å². The Morgan fingerprint density at radius 3 is 1.27 bits per heavy atom. The molecule has 0 aliphatic heterocycles. The fourth-order valence-corrected chi connectivity index (χ4v) is 10.6. The number of fused-ring (bicyclic) bond motifs is 9. The molecule has 64 heavy (non-hydrogen) atoms. The first kappa shape index (κ1) is 36.3. The van der Waals surface area contributed by atoms with E-state index in [1.54, 1.807) is 0 Å². The van der Waals surface area contributed by atoms with Crippen LogP contribution in [0.5, 0.6) is 0 Å². The van der Waals surface area contributed by atoms with E-state index in [2.05, 4.69) is 217 Å². The van der Waals surface area contributed by atoms with Crippen molar-refractivity contribution in [1.29, 1.82) is 0 Å². The van der Waals surface area contributed by atoms with Crippen LogP contribution in [0.15, 0.2) is 245 Å². The predicted molar refractivity (Wildman–Crippen MR) is 264 cm³/mol. The van der Waals surface area contributed by atoms with Gasteiger partial charge in [-0.1, -0.05) is 188 Å². The van der Waals surface area contributed by atoms with Gasteiger partial charge in [-0.3, -0.25) is 0 Å². The molecule has 2 heterocycles. The van der Waals surface area contributed by atoms with E-state index in [-0.39, 0.29) is 0 Å². The Kier molecular flexibility index (Phi) is 8.13. The molecule has 3 nitrogen and oxygen atoms in total. The highest BCUT2D eigenvalue weighted by Gasteiger charge is 2.45. The molecule has 1 aliphatic rings.